The van der Waals surface area contributed by atoms with Crippen molar-refractivity contribution in [3.8, 4) is 0 Å². The number of benzene rings is 1. The van der Waals surface area contributed by atoms with Gasteiger partial charge in [-0.2, -0.15) is 0 Å². The number of hydrogen-bond acceptors (Lipinski definition) is 6. The highest BCUT2D eigenvalue weighted by atomic mass is 16.5. The normalized spacial score (nSPS) is 9.95. The van der Waals surface area contributed by atoms with Gasteiger partial charge in [-0.15, -0.1) is 0 Å². The topological polar surface area (TPSA) is 90.6 Å². The van der Waals surface area contributed by atoms with Crippen LogP contribution in [0, 0.1) is 6.92 Å². The van der Waals surface area contributed by atoms with Crippen molar-refractivity contribution in [2.24, 2.45) is 0 Å². The lowest BCUT2D eigenvalue weighted by Crippen LogP contribution is -2.13. The summed E-state index contributed by atoms with van der Waals surface area (Å²) in [6.07, 6.45) is 0.255. The van der Waals surface area contributed by atoms with E-state index in [1.54, 1.807) is 19.9 Å². The van der Waals surface area contributed by atoms with Gasteiger partial charge in [-0.3, -0.25) is 4.79 Å². The average Bonchev–Trinajstić information content (AvgIpc) is 2.42. The summed E-state index contributed by atoms with van der Waals surface area (Å²) in [6.45, 7) is 4.35. The molecule has 0 unspecified atom stereocenters. The van der Waals surface area contributed by atoms with Crippen LogP contribution in [0.25, 0.3) is 0 Å². The van der Waals surface area contributed by atoms with E-state index in [0.717, 1.165) is 5.56 Å². The molecule has 6 heteroatoms. The molecule has 0 aliphatic heterocycles. The van der Waals surface area contributed by atoms with Gasteiger partial charge in [-0.05, 0) is 31.5 Å². The van der Waals surface area contributed by atoms with Gasteiger partial charge in [-0.25, -0.2) is 4.79 Å². The summed E-state index contributed by atoms with van der Waals surface area (Å²) in [7, 11) is 1.30. The molecule has 1 aromatic carbocycles. The maximum Gasteiger partial charge on any atom is 0.340 e. The molecule has 0 heterocycles. The van der Waals surface area contributed by atoms with E-state index >= 15 is 0 Å². The molecule has 0 aromatic heterocycles. The predicted octanol–water partition coefficient (Wildman–Crippen LogP) is 1.73. The number of nitrogens with two attached hydrogens (primary N) is 1. The van der Waals surface area contributed by atoms with Gasteiger partial charge in [0, 0.05) is 17.9 Å². The second kappa shape index (κ2) is 7.37. The zero-order valence-corrected chi connectivity index (χ0v) is 12.0. The predicted molar refractivity (Wildman–Crippen MR) is 76.7 cm³/mol. The van der Waals surface area contributed by atoms with Crippen LogP contribution >= 0.6 is 0 Å². The van der Waals surface area contributed by atoms with Crippen LogP contribution in [0.4, 0.5) is 11.4 Å². The molecule has 6 nitrogen and oxygen atoms in total. The molecule has 0 atom stereocenters. The van der Waals surface area contributed by atoms with Gasteiger partial charge < -0.3 is 20.5 Å². The van der Waals surface area contributed by atoms with Gasteiger partial charge >= 0.3 is 11.9 Å². The summed E-state index contributed by atoms with van der Waals surface area (Å²) < 4.78 is 9.51. The first-order chi connectivity index (χ1) is 9.49. The van der Waals surface area contributed by atoms with Gasteiger partial charge in [0.2, 0.25) is 0 Å². The molecule has 0 radical (unpaired) electrons. The lowest BCUT2D eigenvalue weighted by molar-refractivity contribution is -0.142. The quantitative estimate of drug-likeness (QED) is 0.609. The van der Waals surface area contributed by atoms with Crippen molar-refractivity contribution in [3.63, 3.8) is 0 Å². The Morgan fingerprint density at radius 3 is 2.65 bits per heavy atom. The highest BCUT2D eigenvalue weighted by molar-refractivity contribution is 5.97. The fraction of sp³-hybridized carbons (Fsp3) is 0.429. The minimum atomic E-state index is -0.486. The van der Waals surface area contributed by atoms with Crippen molar-refractivity contribution in [3.05, 3.63) is 23.3 Å². The first kappa shape index (κ1) is 15.8. The third-order valence-electron chi connectivity index (χ3n) is 2.76. The molecule has 0 aliphatic carbocycles. The first-order valence-electron chi connectivity index (χ1n) is 6.37. The van der Waals surface area contributed by atoms with Crippen LogP contribution in [0.5, 0.6) is 0 Å². The molecule has 0 spiro atoms. The number of carbonyl (C=O) groups is 2. The molecule has 0 fully saturated rings. The molecule has 0 amide bonds. The smallest absolute Gasteiger partial charge is 0.340 e. The maximum atomic E-state index is 11.6. The number of carbonyl (C=O) groups excluding carboxylic acids is 2. The van der Waals surface area contributed by atoms with E-state index in [-0.39, 0.29) is 12.4 Å². The first-order valence-corrected chi connectivity index (χ1v) is 6.37. The molecule has 0 bridgehead atoms. The fourth-order valence-electron chi connectivity index (χ4n) is 1.72. The van der Waals surface area contributed by atoms with Gasteiger partial charge in [0.05, 0.1) is 25.7 Å². The summed E-state index contributed by atoms with van der Waals surface area (Å²) in [5.41, 5.74) is 8.03. The monoisotopic (exact) mass is 280 g/mol. The van der Waals surface area contributed by atoms with Crippen molar-refractivity contribution in [2.45, 2.75) is 20.3 Å². The van der Waals surface area contributed by atoms with Crippen LogP contribution in [-0.4, -0.2) is 32.2 Å². The Hall–Kier alpha value is -2.24. The fourth-order valence-corrected chi connectivity index (χ4v) is 1.72. The lowest BCUT2D eigenvalue weighted by Gasteiger charge is -2.12. The van der Waals surface area contributed by atoms with Crippen LogP contribution in [0.1, 0.15) is 29.3 Å². The maximum absolute atomic E-state index is 11.6. The number of anilines is 2. The molecule has 1 rings (SSSR count). The second-order valence-corrected chi connectivity index (χ2v) is 4.23. The van der Waals surface area contributed by atoms with Crippen LogP contribution in [0.15, 0.2) is 12.1 Å². The van der Waals surface area contributed by atoms with Gasteiger partial charge in [-0.1, -0.05) is 0 Å². The van der Waals surface area contributed by atoms with Crippen LogP contribution < -0.4 is 11.1 Å². The molecule has 1 aromatic rings. The van der Waals surface area contributed by atoms with E-state index in [4.69, 9.17) is 10.5 Å². The summed E-state index contributed by atoms with van der Waals surface area (Å²) in [4.78, 5) is 22.8. The SMILES string of the molecule is CCOC(=O)CCNc1cc(C)c(N)c(C(=O)OC)c1. The molecular formula is C14H20N2O4. The van der Waals surface area contributed by atoms with Crippen LogP contribution in [-0.2, 0) is 14.3 Å². The highest BCUT2D eigenvalue weighted by Gasteiger charge is 2.13. The Bertz CT molecular complexity index is 500. The van der Waals surface area contributed by atoms with E-state index in [2.05, 4.69) is 10.1 Å². The van der Waals surface area contributed by atoms with Crippen molar-refractivity contribution in [1.29, 1.82) is 0 Å². The molecule has 110 valence electrons. The molecule has 0 saturated carbocycles. The van der Waals surface area contributed by atoms with Gasteiger partial charge in [0.25, 0.3) is 0 Å². The highest BCUT2D eigenvalue weighted by Crippen LogP contribution is 2.23. The lowest BCUT2D eigenvalue weighted by atomic mass is 10.1. The molecule has 0 aliphatic rings. The zero-order valence-electron chi connectivity index (χ0n) is 12.0. The molecule has 20 heavy (non-hydrogen) atoms. The second-order valence-electron chi connectivity index (χ2n) is 4.23. The number of nitrogens with one attached hydrogen (secondary N) is 1. The van der Waals surface area contributed by atoms with Gasteiger partial charge in [0.15, 0.2) is 0 Å². The minimum absolute atomic E-state index is 0.255. The average molecular weight is 280 g/mol. The number of esters is 2. The standard InChI is InChI=1S/C14H20N2O4/c1-4-20-12(17)5-6-16-10-7-9(2)13(15)11(8-10)14(18)19-3/h7-8,16H,4-6,15H2,1-3H3. The van der Waals surface area contributed by atoms with E-state index in [1.807, 2.05) is 6.07 Å². The van der Waals surface area contributed by atoms with E-state index < -0.39 is 5.97 Å². The largest absolute Gasteiger partial charge is 0.466 e. The van der Waals surface area contributed by atoms with Crippen LogP contribution in [0.2, 0.25) is 0 Å². The van der Waals surface area contributed by atoms with E-state index in [9.17, 15) is 9.59 Å². The van der Waals surface area contributed by atoms with Crippen molar-refractivity contribution in [2.75, 3.05) is 31.3 Å². The van der Waals surface area contributed by atoms with Crippen molar-refractivity contribution in [1.82, 2.24) is 0 Å². The Morgan fingerprint density at radius 2 is 2.05 bits per heavy atom. The number of aryl methyl sites for hydroxylation is 1. The Morgan fingerprint density at radius 1 is 1.35 bits per heavy atom. The molecule has 0 saturated heterocycles. The Kier molecular flexibility index (Phi) is 5.83. The number of rotatable bonds is 6. The number of methoxy groups -OCH3 is 1. The Balaban J connectivity index is 2.74. The van der Waals surface area contributed by atoms with Crippen molar-refractivity contribution < 1.29 is 19.1 Å². The molecular weight excluding hydrogens is 260 g/mol. The third-order valence-corrected chi connectivity index (χ3v) is 2.76. The Labute approximate surface area is 118 Å². The minimum Gasteiger partial charge on any atom is -0.466 e. The summed E-state index contributed by atoms with van der Waals surface area (Å²) >= 11 is 0. The van der Waals surface area contributed by atoms with Crippen molar-refractivity contribution >= 4 is 23.3 Å². The number of nitrogen functional groups attached to an aromatic ring is 1. The number of hydrogen-bond donors (Lipinski definition) is 2. The van der Waals surface area contributed by atoms with Crippen LogP contribution in [0.3, 0.4) is 0 Å². The van der Waals surface area contributed by atoms with Gasteiger partial charge in [0.1, 0.15) is 0 Å². The third kappa shape index (κ3) is 4.15. The summed E-state index contributed by atoms with van der Waals surface area (Å²) in [5, 5.41) is 3.06. The number of ether oxygens (including phenoxy) is 2. The zero-order chi connectivity index (χ0) is 15.1. The summed E-state index contributed by atoms with van der Waals surface area (Å²) in [5.74, 6) is -0.750. The van der Waals surface area contributed by atoms with E-state index in [0.29, 0.717) is 30.1 Å². The molecule has 3 N–H and O–H groups in total. The summed E-state index contributed by atoms with van der Waals surface area (Å²) in [6, 6.07) is 3.42. The van der Waals surface area contributed by atoms with E-state index in [1.165, 1.54) is 7.11 Å².